The SMILES string of the molecule is COC(C(=O)O)c1ccc(OCCN(C)c2nc3ccccc3s2)cc1. The van der Waals surface area contributed by atoms with E-state index in [-0.39, 0.29) is 0 Å². The van der Waals surface area contributed by atoms with Gasteiger partial charge in [-0.25, -0.2) is 9.78 Å². The van der Waals surface area contributed by atoms with E-state index in [1.54, 1.807) is 35.6 Å². The standard InChI is InChI=1S/C19H20N2O4S/c1-21(19-20-15-5-3-4-6-16(15)26-19)11-12-25-14-9-7-13(8-10-14)17(24-2)18(22)23/h3-10,17H,11-12H2,1-2H3,(H,22,23). The van der Waals surface area contributed by atoms with Gasteiger partial charge in [0.05, 0.1) is 16.8 Å². The number of aromatic nitrogens is 1. The minimum Gasteiger partial charge on any atom is -0.492 e. The van der Waals surface area contributed by atoms with Gasteiger partial charge in [0, 0.05) is 14.2 Å². The zero-order valence-corrected chi connectivity index (χ0v) is 15.4. The molecule has 0 aliphatic rings. The highest BCUT2D eigenvalue weighted by Crippen LogP contribution is 2.27. The van der Waals surface area contributed by atoms with Crippen LogP contribution >= 0.6 is 11.3 Å². The highest BCUT2D eigenvalue weighted by Gasteiger charge is 2.18. The summed E-state index contributed by atoms with van der Waals surface area (Å²) in [5.74, 6) is -0.328. The summed E-state index contributed by atoms with van der Waals surface area (Å²) in [6.07, 6.45) is -0.964. The highest BCUT2D eigenvalue weighted by molar-refractivity contribution is 7.22. The van der Waals surface area contributed by atoms with E-state index in [0.29, 0.717) is 24.5 Å². The predicted octanol–water partition coefficient (Wildman–Crippen LogP) is 3.58. The lowest BCUT2D eigenvalue weighted by Gasteiger charge is -2.16. The van der Waals surface area contributed by atoms with E-state index in [9.17, 15) is 4.79 Å². The molecule has 136 valence electrons. The molecule has 1 unspecified atom stereocenters. The largest absolute Gasteiger partial charge is 0.492 e. The molecule has 1 atom stereocenters. The van der Waals surface area contributed by atoms with Gasteiger partial charge in [-0.2, -0.15) is 0 Å². The van der Waals surface area contributed by atoms with Gasteiger partial charge >= 0.3 is 5.97 Å². The first kappa shape index (κ1) is 18.2. The van der Waals surface area contributed by atoms with E-state index in [2.05, 4.69) is 16.0 Å². The number of aliphatic carboxylic acids is 1. The van der Waals surface area contributed by atoms with Gasteiger partial charge in [0.2, 0.25) is 0 Å². The Kier molecular flexibility index (Phi) is 5.70. The number of carbonyl (C=O) groups is 1. The quantitative estimate of drug-likeness (QED) is 0.652. The van der Waals surface area contributed by atoms with E-state index in [0.717, 1.165) is 15.3 Å². The minimum atomic E-state index is -1.02. The number of anilines is 1. The minimum absolute atomic E-state index is 0.498. The predicted molar refractivity (Wildman–Crippen MR) is 102 cm³/mol. The molecule has 0 amide bonds. The molecule has 1 heterocycles. The molecule has 2 aromatic carbocycles. The lowest BCUT2D eigenvalue weighted by atomic mass is 10.1. The summed E-state index contributed by atoms with van der Waals surface area (Å²) in [5.41, 5.74) is 1.58. The number of hydrogen-bond acceptors (Lipinski definition) is 6. The molecule has 1 N–H and O–H groups in total. The molecule has 26 heavy (non-hydrogen) atoms. The molecule has 3 rings (SSSR count). The number of fused-ring (bicyclic) bond motifs is 1. The maximum absolute atomic E-state index is 11.1. The van der Waals surface area contributed by atoms with E-state index >= 15 is 0 Å². The third kappa shape index (κ3) is 4.12. The molecule has 7 heteroatoms. The molecule has 0 bridgehead atoms. The number of hydrogen-bond donors (Lipinski definition) is 1. The Morgan fingerprint density at radius 2 is 1.96 bits per heavy atom. The van der Waals surface area contributed by atoms with Gasteiger partial charge in [-0.1, -0.05) is 35.6 Å². The molecular weight excluding hydrogens is 352 g/mol. The molecule has 0 spiro atoms. The Morgan fingerprint density at radius 1 is 1.23 bits per heavy atom. The Balaban J connectivity index is 1.55. The van der Waals surface area contributed by atoms with Gasteiger partial charge in [0.15, 0.2) is 11.2 Å². The van der Waals surface area contributed by atoms with Crippen molar-refractivity contribution in [2.24, 2.45) is 0 Å². The molecule has 0 saturated heterocycles. The van der Waals surface area contributed by atoms with Gasteiger partial charge in [0.25, 0.3) is 0 Å². The zero-order chi connectivity index (χ0) is 18.5. The molecule has 0 radical (unpaired) electrons. The molecule has 0 aliphatic carbocycles. The number of nitrogens with zero attached hydrogens (tertiary/aromatic N) is 2. The van der Waals surface area contributed by atoms with Crippen molar-refractivity contribution >= 4 is 32.7 Å². The summed E-state index contributed by atoms with van der Waals surface area (Å²) in [7, 11) is 3.36. The fourth-order valence-corrected chi connectivity index (χ4v) is 3.49. The summed E-state index contributed by atoms with van der Waals surface area (Å²) >= 11 is 1.65. The van der Waals surface area contributed by atoms with Gasteiger partial charge in [-0.05, 0) is 29.8 Å². The lowest BCUT2D eigenvalue weighted by Crippen LogP contribution is -2.23. The van der Waals surface area contributed by atoms with Crippen molar-refractivity contribution in [2.75, 3.05) is 32.2 Å². The number of rotatable bonds is 8. The van der Waals surface area contributed by atoms with Gasteiger partial charge in [0.1, 0.15) is 12.4 Å². The van der Waals surface area contributed by atoms with E-state index < -0.39 is 12.1 Å². The lowest BCUT2D eigenvalue weighted by molar-refractivity contribution is -0.148. The maximum atomic E-state index is 11.1. The molecule has 1 aromatic heterocycles. The number of likely N-dealkylation sites (N-methyl/N-ethyl adjacent to an activating group) is 1. The van der Waals surface area contributed by atoms with Crippen LogP contribution in [0.25, 0.3) is 10.2 Å². The normalized spacial score (nSPS) is 12.1. The second-order valence-corrected chi connectivity index (χ2v) is 6.77. The third-order valence-corrected chi connectivity index (χ3v) is 5.10. The van der Waals surface area contributed by atoms with Crippen LogP contribution in [0.1, 0.15) is 11.7 Å². The average molecular weight is 372 g/mol. The first-order chi connectivity index (χ1) is 12.6. The maximum Gasteiger partial charge on any atom is 0.337 e. The van der Waals surface area contributed by atoms with E-state index in [1.165, 1.54) is 7.11 Å². The average Bonchev–Trinajstić information content (AvgIpc) is 3.07. The monoisotopic (exact) mass is 372 g/mol. The van der Waals surface area contributed by atoms with Crippen LogP contribution in [0.5, 0.6) is 5.75 Å². The van der Waals surface area contributed by atoms with Crippen molar-refractivity contribution in [1.82, 2.24) is 4.98 Å². The van der Waals surface area contributed by atoms with E-state index in [1.807, 2.05) is 25.2 Å². The Morgan fingerprint density at radius 3 is 2.62 bits per heavy atom. The van der Waals surface area contributed by atoms with Crippen molar-refractivity contribution in [3.63, 3.8) is 0 Å². The van der Waals surface area contributed by atoms with Crippen LogP contribution in [0, 0.1) is 0 Å². The second-order valence-electron chi connectivity index (χ2n) is 5.76. The summed E-state index contributed by atoms with van der Waals surface area (Å²) in [6, 6.07) is 15.0. The Labute approximate surface area is 155 Å². The van der Waals surface area contributed by atoms with Gasteiger partial charge in [-0.15, -0.1) is 0 Å². The summed E-state index contributed by atoms with van der Waals surface area (Å²) in [4.78, 5) is 17.8. The van der Waals surface area contributed by atoms with Crippen LogP contribution in [0.2, 0.25) is 0 Å². The summed E-state index contributed by atoms with van der Waals surface area (Å²) in [5, 5.41) is 10.0. The summed E-state index contributed by atoms with van der Waals surface area (Å²) < 4.78 is 11.9. The topological polar surface area (TPSA) is 71.9 Å². The molecular formula is C19H20N2O4S. The third-order valence-electron chi connectivity index (χ3n) is 3.95. The first-order valence-electron chi connectivity index (χ1n) is 8.13. The van der Waals surface area contributed by atoms with Crippen molar-refractivity contribution < 1.29 is 19.4 Å². The summed E-state index contributed by atoms with van der Waals surface area (Å²) in [6.45, 7) is 1.19. The molecule has 0 aliphatic heterocycles. The molecule has 3 aromatic rings. The Hall–Kier alpha value is -2.64. The number of ether oxygens (including phenoxy) is 2. The van der Waals surface area contributed by atoms with Crippen molar-refractivity contribution in [2.45, 2.75) is 6.10 Å². The van der Waals surface area contributed by atoms with Gasteiger partial charge < -0.3 is 19.5 Å². The smallest absolute Gasteiger partial charge is 0.337 e. The van der Waals surface area contributed by atoms with Crippen LogP contribution in [-0.2, 0) is 9.53 Å². The van der Waals surface area contributed by atoms with Crippen LogP contribution < -0.4 is 9.64 Å². The number of carboxylic acids is 1. The number of benzene rings is 2. The first-order valence-corrected chi connectivity index (χ1v) is 8.95. The van der Waals surface area contributed by atoms with Crippen molar-refractivity contribution in [3.8, 4) is 5.75 Å². The molecule has 0 fully saturated rings. The van der Waals surface area contributed by atoms with Crippen LogP contribution in [-0.4, -0.2) is 43.4 Å². The number of carboxylic acid groups (broad SMARTS) is 1. The zero-order valence-electron chi connectivity index (χ0n) is 14.6. The fraction of sp³-hybridized carbons (Fsp3) is 0.263. The fourth-order valence-electron chi connectivity index (χ4n) is 2.54. The molecule has 0 saturated carbocycles. The van der Waals surface area contributed by atoms with Crippen molar-refractivity contribution in [3.05, 3.63) is 54.1 Å². The second kappa shape index (κ2) is 8.16. The van der Waals surface area contributed by atoms with Crippen LogP contribution in [0.15, 0.2) is 48.5 Å². The highest BCUT2D eigenvalue weighted by atomic mass is 32.1. The van der Waals surface area contributed by atoms with Crippen LogP contribution in [0.4, 0.5) is 5.13 Å². The van der Waals surface area contributed by atoms with Crippen LogP contribution in [0.3, 0.4) is 0 Å². The van der Waals surface area contributed by atoms with E-state index in [4.69, 9.17) is 14.6 Å². The number of methoxy groups -OCH3 is 1. The Bertz CT molecular complexity index is 846. The molecule has 6 nitrogen and oxygen atoms in total. The van der Waals surface area contributed by atoms with Gasteiger partial charge in [-0.3, -0.25) is 0 Å². The van der Waals surface area contributed by atoms with Crippen molar-refractivity contribution in [1.29, 1.82) is 0 Å². The number of thiazole rings is 1. The number of para-hydroxylation sites is 1.